The van der Waals surface area contributed by atoms with Crippen LogP contribution in [0.5, 0.6) is 0 Å². The molecule has 282 valence electrons. The number of likely N-dealkylation sites (tertiary alicyclic amines) is 2. The first kappa shape index (κ1) is 54.4. The zero-order valence-corrected chi connectivity index (χ0v) is 36.1. The van der Waals surface area contributed by atoms with Crippen LogP contribution >= 0.6 is 0 Å². The number of hydrogen-bond donors (Lipinski definition) is 4. The van der Waals surface area contributed by atoms with Gasteiger partial charge in [0.1, 0.15) is 12.3 Å². The third-order valence-corrected chi connectivity index (χ3v) is 7.52. The van der Waals surface area contributed by atoms with Gasteiger partial charge in [0.25, 0.3) is 5.91 Å². The number of Topliss-reactive ketones (excluding diaryl/α,β-unsaturated/α-hetero) is 1. The Kier molecular flexibility index (Phi) is 36.0. The maximum atomic E-state index is 12.9. The molecule has 14 heteroatoms. The van der Waals surface area contributed by atoms with E-state index < -0.39 is 41.3 Å². The summed E-state index contributed by atoms with van der Waals surface area (Å²) in [5, 5.41) is 8.03. The van der Waals surface area contributed by atoms with E-state index in [1.54, 1.807) is 9.80 Å². The van der Waals surface area contributed by atoms with Gasteiger partial charge in [-0.1, -0.05) is 94.0 Å². The van der Waals surface area contributed by atoms with E-state index in [0.717, 1.165) is 57.9 Å². The van der Waals surface area contributed by atoms with Gasteiger partial charge in [-0.15, -0.1) is 0 Å². The van der Waals surface area contributed by atoms with Crippen molar-refractivity contribution in [2.75, 3.05) is 40.3 Å². The topological polar surface area (TPSA) is 195 Å². The summed E-state index contributed by atoms with van der Waals surface area (Å²) < 4.78 is 0. The second-order valence-corrected chi connectivity index (χ2v) is 12.9. The van der Waals surface area contributed by atoms with Crippen molar-refractivity contribution >= 4 is 35.8 Å². The van der Waals surface area contributed by atoms with E-state index in [0.29, 0.717) is 25.3 Å². The Morgan fingerprint density at radius 1 is 0.918 bits per heavy atom. The van der Waals surface area contributed by atoms with Crippen LogP contribution in [0, 0.1) is 11.3 Å². The summed E-state index contributed by atoms with van der Waals surface area (Å²) in [5.41, 5.74) is 11.7. The summed E-state index contributed by atoms with van der Waals surface area (Å²) >= 11 is 0. The van der Waals surface area contributed by atoms with Crippen molar-refractivity contribution < 1.29 is 80.2 Å². The molecular formula is C35H70KN7O6. The Morgan fingerprint density at radius 3 is 1.82 bits per heavy atom. The van der Waals surface area contributed by atoms with Crippen LogP contribution in [0.2, 0.25) is 0 Å². The first-order valence-corrected chi connectivity index (χ1v) is 17.8. The standard InChI is InChI=1S/C19H32N4O4.C9H17N2O2.C3H8.C2H7N.C2H6.K/c1-19(2,3)16(17(26)23-11-7-8-14(23)13-24)21-18(27)20-12-15(25)22-9-5-4-6-10-22;1-3-6(4-2)5-7(10)8(12)9(11)13;2*1-3-2;1-2;/h13-14,16H,4-12H2,1-3H3,(H2,20,21,27);6-7,10H,3-5H2,1-2H3,(H2,11,13);3H2,1-2H3;3H,1-2H3;1-2H3;/q;-1;;;;+1/t14?,16-;;;;;/m1...../s1. The maximum absolute atomic E-state index is 12.9. The number of nitrogens with one attached hydrogen (secondary N) is 4. The van der Waals surface area contributed by atoms with Gasteiger partial charge in [-0.3, -0.25) is 19.2 Å². The number of carbonyl (C=O) groups is 6. The fourth-order valence-corrected chi connectivity index (χ4v) is 4.85. The van der Waals surface area contributed by atoms with Crippen molar-refractivity contribution in [2.45, 2.75) is 138 Å². The third-order valence-electron chi connectivity index (χ3n) is 7.52. The third kappa shape index (κ3) is 24.4. The molecule has 2 aliphatic heterocycles. The van der Waals surface area contributed by atoms with Crippen LogP contribution in [-0.4, -0.2) is 104 Å². The molecule has 0 radical (unpaired) electrons. The van der Waals surface area contributed by atoms with Gasteiger partial charge in [0, 0.05) is 19.6 Å². The van der Waals surface area contributed by atoms with E-state index in [1.165, 1.54) is 6.42 Å². The van der Waals surface area contributed by atoms with Crippen LogP contribution in [0.1, 0.15) is 120 Å². The largest absolute Gasteiger partial charge is 1.00 e. The number of carbonyl (C=O) groups excluding carboxylic acids is 6. The molecule has 0 aromatic heterocycles. The molecule has 0 aromatic carbocycles. The minimum Gasteiger partial charge on any atom is -0.668 e. The van der Waals surface area contributed by atoms with Crippen molar-refractivity contribution in [2.24, 2.45) is 17.1 Å². The molecule has 0 spiro atoms. The van der Waals surface area contributed by atoms with Gasteiger partial charge in [0.2, 0.25) is 17.6 Å². The summed E-state index contributed by atoms with van der Waals surface area (Å²) in [5.74, 6) is -1.79. The molecule has 2 heterocycles. The molecule has 49 heavy (non-hydrogen) atoms. The van der Waals surface area contributed by atoms with Gasteiger partial charge in [-0.2, -0.15) is 0 Å². The number of amides is 5. The van der Waals surface area contributed by atoms with Gasteiger partial charge in [0.05, 0.1) is 12.6 Å². The van der Waals surface area contributed by atoms with Crippen molar-refractivity contribution in [1.82, 2.24) is 25.8 Å². The fraction of sp³-hybridized carbons (Fsp3) is 0.829. The van der Waals surface area contributed by atoms with E-state index in [2.05, 4.69) is 29.8 Å². The van der Waals surface area contributed by atoms with Crippen LogP contribution in [-0.2, 0) is 24.0 Å². The Hall–Kier alpha value is -1.42. The molecule has 2 fully saturated rings. The molecule has 0 bridgehead atoms. The number of primary amides is 1. The SMILES string of the molecule is CC.CC(C)(C)[C@H](NC(=O)NCC(=O)N1CCCCC1)C(=O)N1CCCC1C=O.CCC.CCC(CC)CC([NH-])C(=O)C(N)=O.CNC.[K+]. The molecule has 2 aliphatic rings. The number of ketones is 1. The van der Waals surface area contributed by atoms with Crippen LogP contribution < -0.4 is 73.1 Å². The average Bonchev–Trinajstić information content (AvgIpc) is 3.55. The van der Waals surface area contributed by atoms with Crippen molar-refractivity contribution in [1.29, 1.82) is 0 Å². The van der Waals surface area contributed by atoms with E-state index in [9.17, 15) is 28.8 Å². The van der Waals surface area contributed by atoms with E-state index in [-0.39, 0.29) is 69.7 Å². The molecule has 0 aliphatic carbocycles. The van der Waals surface area contributed by atoms with Gasteiger partial charge in [-0.25, -0.2) is 4.79 Å². The molecule has 2 saturated heterocycles. The predicted octanol–water partition coefficient (Wildman–Crippen LogP) is 1.47. The van der Waals surface area contributed by atoms with Crippen LogP contribution in [0.4, 0.5) is 4.79 Å². The molecule has 0 aromatic rings. The van der Waals surface area contributed by atoms with E-state index >= 15 is 0 Å². The Morgan fingerprint density at radius 2 is 1.41 bits per heavy atom. The molecule has 0 saturated carbocycles. The summed E-state index contributed by atoms with van der Waals surface area (Å²) in [6.07, 6.45) is 8.89. The fourth-order valence-electron chi connectivity index (χ4n) is 4.85. The Balaban J connectivity index is -0.000000386. The normalized spacial score (nSPS) is 16.1. The van der Waals surface area contributed by atoms with Crippen molar-refractivity contribution in [3.05, 3.63) is 5.73 Å². The molecule has 2 rings (SSSR count). The van der Waals surface area contributed by atoms with Gasteiger partial charge >= 0.3 is 57.4 Å². The Bertz CT molecular complexity index is 921. The summed E-state index contributed by atoms with van der Waals surface area (Å²) in [6.45, 7) is 19.7. The smallest absolute Gasteiger partial charge is 0.668 e. The molecule has 6 N–H and O–H groups in total. The Labute approximate surface area is 340 Å². The van der Waals surface area contributed by atoms with Crippen molar-refractivity contribution in [3.63, 3.8) is 0 Å². The van der Waals surface area contributed by atoms with E-state index in [4.69, 9.17) is 11.5 Å². The van der Waals surface area contributed by atoms with Crippen LogP contribution in [0.25, 0.3) is 5.73 Å². The van der Waals surface area contributed by atoms with Gasteiger partial charge < -0.3 is 42.0 Å². The average molecular weight is 724 g/mol. The number of nitrogens with zero attached hydrogens (tertiary/aromatic N) is 2. The molecule has 2 unspecified atom stereocenters. The number of rotatable bonds is 11. The summed E-state index contributed by atoms with van der Waals surface area (Å²) in [4.78, 5) is 73.3. The number of hydrogen-bond acceptors (Lipinski definition) is 7. The maximum Gasteiger partial charge on any atom is 1.00 e. The van der Waals surface area contributed by atoms with Gasteiger partial charge in [-0.05, 0) is 57.5 Å². The van der Waals surface area contributed by atoms with Gasteiger partial charge in [0.15, 0.2) is 0 Å². The van der Waals surface area contributed by atoms with E-state index in [1.807, 2.05) is 62.6 Å². The number of aldehydes is 1. The zero-order chi connectivity index (χ0) is 37.9. The molecule has 13 nitrogen and oxygen atoms in total. The quantitative estimate of drug-likeness (QED) is 0.141. The second kappa shape index (κ2) is 32.5. The summed E-state index contributed by atoms with van der Waals surface area (Å²) in [6, 6.07) is -2.71. The first-order chi connectivity index (χ1) is 22.6. The second-order valence-electron chi connectivity index (χ2n) is 12.9. The summed E-state index contributed by atoms with van der Waals surface area (Å²) in [7, 11) is 3.75. The first-order valence-electron chi connectivity index (χ1n) is 17.8. The number of nitrogens with two attached hydrogens (primary N) is 1. The van der Waals surface area contributed by atoms with Crippen LogP contribution in [0.3, 0.4) is 0 Å². The molecular weight excluding hydrogens is 654 g/mol. The molecule has 5 amide bonds. The predicted molar refractivity (Wildman–Crippen MR) is 194 cm³/mol. The van der Waals surface area contributed by atoms with Crippen LogP contribution in [0.15, 0.2) is 0 Å². The minimum atomic E-state index is -0.994. The minimum absolute atomic E-state index is 0. The number of piperidine rings is 1. The van der Waals surface area contributed by atoms with Crippen molar-refractivity contribution in [3.8, 4) is 0 Å². The molecule has 3 atom stereocenters. The number of urea groups is 1. The zero-order valence-electron chi connectivity index (χ0n) is 33.0. The monoisotopic (exact) mass is 724 g/mol.